The van der Waals surface area contributed by atoms with E-state index in [2.05, 4.69) is 25.3 Å². The van der Waals surface area contributed by atoms with Crippen molar-refractivity contribution < 1.29 is 4.79 Å². The number of aromatic nitrogens is 4. The van der Waals surface area contributed by atoms with E-state index in [9.17, 15) is 4.79 Å². The van der Waals surface area contributed by atoms with E-state index in [0.29, 0.717) is 13.0 Å². The molecule has 0 N–H and O–H groups in total. The summed E-state index contributed by atoms with van der Waals surface area (Å²) in [5.74, 6) is 0.205. The molecule has 1 aromatic carbocycles. The van der Waals surface area contributed by atoms with Crippen molar-refractivity contribution in [2.75, 3.05) is 19.6 Å². The highest BCUT2D eigenvalue weighted by atomic mass is 32.1. The Morgan fingerprint density at radius 2 is 1.92 bits per heavy atom. The topological polar surface area (TPSA) is 71.9 Å². The second-order valence-electron chi connectivity index (χ2n) is 6.79. The molecule has 1 fully saturated rings. The van der Waals surface area contributed by atoms with Crippen LogP contribution in [0.15, 0.2) is 24.3 Å². The number of aryl methyl sites for hydroxylation is 1. The van der Waals surface area contributed by atoms with Crippen molar-refractivity contribution in [1.82, 2.24) is 25.3 Å². The van der Waals surface area contributed by atoms with Crippen molar-refractivity contribution in [3.63, 3.8) is 0 Å². The Morgan fingerprint density at radius 1 is 1.08 bits per heavy atom. The van der Waals surface area contributed by atoms with Crippen molar-refractivity contribution in [3.05, 3.63) is 35.0 Å². The van der Waals surface area contributed by atoms with Crippen molar-refractivity contribution in [2.24, 2.45) is 0 Å². The molecule has 3 heterocycles. The fourth-order valence-corrected chi connectivity index (χ4v) is 4.03. The van der Waals surface area contributed by atoms with E-state index in [0.717, 1.165) is 45.3 Å². The van der Waals surface area contributed by atoms with Gasteiger partial charge in [-0.2, -0.15) is 10.2 Å². The highest BCUT2D eigenvalue weighted by Crippen LogP contribution is 2.26. The minimum absolute atomic E-state index is 0.205. The normalized spacial score (nSPS) is 15.4. The van der Waals surface area contributed by atoms with Gasteiger partial charge in [0.15, 0.2) is 5.78 Å². The lowest BCUT2D eigenvalue weighted by molar-refractivity contribution is -0.119. The predicted octanol–water partition coefficient (Wildman–Crippen LogP) is 3.05. The second-order valence-corrected chi connectivity index (χ2v) is 7.97. The van der Waals surface area contributed by atoms with Gasteiger partial charge in [0.2, 0.25) is 0 Å². The molecule has 134 valence electrons. The summed E-state index contributed by atoms with van der Waals surface area (Å²) in [5, 5.41) is 19.6. The molecule has 26 heavy (non-hydrogen) atoms. The molecule has 6 nitrogen and oxygen atoms in total. The Balaban J connectivity index is 1.51. The number of carbonyl (C=O) groups excluding carboxylic acids is 1. The molecular formula is C19H21N5OS. The summed E-state index contributed by atoms with van der Waals surface area (Å²) in [6.45, 7) is 4.52. The first-order valence-electron chi connectivity index (χ1n) is 8.98. The molecule has 0 aliphatic carbocycles. The van der Waals surface area contributed by atoms with Crippen LogP contribution in [0.3, 0.4) is 0 Å². The molecule has 0 unspecified atom stereocenters. The molecule has 0 spiro atoms. The molecule has 1 saturated heterocycles. The molecule has 3 aromatic rings. The van der Waals surface area contributed by atoms with Crippen LogP contribution in [0.5, 0.6) is 0 Å². The maximum Gasteiger partial charge on any atom is 0.152 e. The van der Waals surface area contributed by atoms with Crippen molar-refractivity contribution in [1.29, 1.82) is 0 Å². The van der Waals surface area contributed by atoms with Gasteiger partial charge < -0.3 is 0 Å². The number of Topliss-reactive ketones (excluding diaryl/α,β-unsaturated/α-hetero) is 1. The van der Waals surface area contributed by atoms with Crippen LogP contribution in [-0.2, 0) is 11.2 Å². The number of hydrogen-bond donors (Lipinski definition) is 0. The van der Waals surface area contributed by atoms with Crippen molar-refractivity contribution in [3.8, 4) is 10.6 Å². The van der Waals surface area contributed by atoms with E-state index in [1.54, 1.807) is 11.3 Å². The van der Waals surface area contributed by atoms with Crippen LogP contribution in [-0.4, -0.2) is 50.7 Å². The summed E-state index contributed by atoms with van der Waals surface area (Å²) < 4.78 is 0. The number of rotatable bonds is 5. The summed E-state index contributed by atoms with van der Waals surface area (Å²) in [5.41, 5.74) is 2.56. The van der Waals surface area contributed by atoms with Crippen molar-refractivity contribution >= 4 is 28.0 Å². The Hall–Kier alpha value is -2.25. The molecule has 1 aliphatic rings. The van der Waals surface area contributed by atoms with Gasteiger partial charge in [-0.3, -0.25) is 9.69 Å². The van der Waals surface area contributed by atoms with E-state index in [1.165, 1.54) is 19.3 Å². The van der Waals surface area contributed by atoms with Gasteiger partial charge in [-0.1, -0.05) is 17.8 Å². The molecule has 0 atom stereocenters. The third-order valence-electron chi connectivity index (χ3n) is 4.64. The Labute approximate surface area is 156 Å². The van der Waals surface area contributed by atoms with Gasteiger partial charge in [-0.15, -0.1) is 10.2 Å². The molecule has 2 aromatic heterocycles. The van der Waals surface area contributed by atoms with E-state index < -0.39 is 0 Å². The SMILES string of the molecule is Cc1nnc(-c2ccc3nnc(CC(=O)CN4CCCCC4)cc3c2)s1. The average molecular weight is 367 g/mol. The van der Waals surface area contributed by atoms with Crippen LogP contribution >= 0.6 is 11.3 Å². The van der Waals surface area contributed by atoms with Gasteiger partial charge in [0.05, 0.1) is 24.2 Å². The largest absolute Gasteiger partial charge is 0.298 e. The van der Waals surface area contributed by atoms with Gasteiger partial charge in [0.1, 0.15) is 10.0 Å². The average Bonchev–Trinajstić information content (AvgIpc) is 3.08. The monoisotopic (exact) mass is 367 g/mol. The molecule has 0 amide bonds. The standard InChI is InChI=1S/C19H21N5OS/c1-13-20-23-19(26-13)14-5-6-18-15(9-14)10-16(21-22-18)11-17(25)12-24-7-3-2-4-8-24/h5-6,9-10H,2-4,7-8,11-12H2,1H3. The number of benzene rings is 1. The zero-order chi connectivity index (χ0) is 17.9. The zero-order valence-electron chi connectivity index (χ0n) is 14.8. The third kappa shape index (κ3) is 3.94. The Bertz CT molecular complexity index is 933. The lowest BCUT2D eigenvalue weighted by Crippen LogP contribution is -2.35. The Morgan fingerprint density at radius 3 is 2.69 bits per heavy atom. The predicted molar refractivity (Wildman–Crippen MR) is 102 cm³/mol. The fourth-order valence-electron chi connectivity index (χ4n) is 3.35. The first-order chi connectivity index (χ1) is 12.7. The van der Waals surface area contributed by atoms with Gasteiger partial charge in [0, 0.05) is 10.9 Å². The summed E-state index contributed by atoms with van der Waals surface area (Å²) in [6, 6.07) is 7.93. The first kappa shape index (κ1) is 17.2. The van der Waals surface area contributed by atoms with Crippen LogP contribution in [0.1, 0.15) is 30.0 Å². The third-order valence-corrected chi connectivity index (χ3v) is 5.52. The van der Waals surface area contributed by atoms with Crippen molar-refractivity contribution in [2.45, 2.75) is 32.6 Å². The van der Waals surface area contributed by atoms with Gasteiger partial charge in [-0.05, 0) is 57.1 Å². The summed E-state index contributed by atoms with van der Waals surface area (Å²) >= 11 is 1.57. The minimum Gasteiger partial charge on any atom is -0.298 e. The number of piperidine rings is 1. The van der Waals surface area contributed by atoms with Gasteiger partial charge in [-0.25, -0.2) is 0 Å². The fraction of sp³-hybridized carbons (Fsp3) is 0.421. The Kier molecular flexibility index (Phi) is 4.99. The van der Waals surface area contributed by atoms with Crippen LogP contribution in [0, 0.1) is 6.92 Å². The van der Waals surface area contributed by atoms with Gasteiger partial charge >= 0.3 is 0 Å². The summed E-state index contributed by atoms with van der Waals surface area (Å²) in [7, 11) is 0. The molecule has 0 radical (unpaired) electrons. The number of ketones is 1. The van der Waals surface area contributed by atoms with Gasteiger partial charge in [0.25, 0.3) is 0 Å². The molecular weight excluding hydrogens is 346 g/mol. The molecule has 4 rings (SSSR count). The smallest absolute Gasteiger partial charge is 0.152 e. The van der Waals surface area contributed by atoms with Crippen LogP contribution < -0.4 is 0 Å². The highest BCUT2D eigenvalue weighted by molar-refractivity contribution is 7.14. The number of hydrogen-bond acceptors (Lipinski definition) is 7. The van der Waals surface area contributed by atoms with E-state index in [4.69, 9.17) is 0 Å². The van der Waals surface area contributed by atoms with Crippen LogP contribution in [0.2, 0.25) is 0 Å². The maximum absolute atomic E-state index is 12.4. The first-order valence-corrected chi connectivity index (χ1v) is 9.80. The lowest BCUT2D eigenvalue weighted by Gasteiger charge is -2.25. The number of carbonyl (C=O) groups is 1. The second kappa shape index (κ2) is 7.55. The molecule has 0 saturated carbocycles. The highest BCUT2D eigenvalue weighted by Gasteiger charge is 2.15. The maximum atomic E-state index is 12.4. The lowest BCUT2D eigenvalue weighted by atomic mass is 10.1. The minimum atomic E-state index is 0.205. The number of fused-ring (bicyclic) bond motifs is 1. The van der Waals surface area contributed by atoms with Crippen LogP contribution in [0.25, 0.3) is 21.5 Å². The molecule has 7 heteroatoms. The summed E-state index contributed by atoms with van der Waals surface area (Å²) in [6.07, 6.45) is 3.99. The zero-order valence-corrected chi connectivity index (χ0v) is 15.6. The van der Waals surface area contributed by atoms with E-state index in [1.807, 2.05) is 31.2 Å². The van der Waals surface area contributed by atoms with E-state index in [-0.39, 0.29) is 5.78 Å². The quantitative estimate of drug-likeness (QED) is 0.690. The van der Waals surface area contributed by atoms with Crippen LogP contribution in [0.4, 0.5) is 0 Å². The number of likely N-dealkylation sites (tertiary alicyclic amines) is 1. The molecule has 1 aliphatic heterocycles. The van der Waals surface area contributed by atoms with E-state index >= 15 is 0 Å². The summed E-state index contributed by atoms with van der Waals surface area (Å²) in [4.78, 5) is 14.6. The number of nitrogens with zero attached hydrogens (tertiary/aromatic N) is 5. The molecule has 0 bridgehead atoms.